The van der Waals surface area contributed by atoms with Crippen LogP contribution in [-0.4, -0.2) is 21.8 Å². The molecular weight excluding hydrogens is 290 g/mol. The third-order valence-corrected chi connectivity index (χ3v) is 4.02. The molecule has 1 N–H and O–H groups in total. The first-order chi connectivity index (χ1) is 11.2. The van der Waals surface area contributed by atoms with E-state index in [0.29, 0.717) is 0 Å². The second kappa shape index (κ2) is 5.43. The number of carbonyl (C=O) groups is 1. The van der Waals surface area contributed by atoms with Crippen molar-refractivity contribution >= 4 is 22.5 Å². The van der Waals surface area contributed by atoms with E-state index in [0.717, 1.165) is 34.3 Å². The third-order valence-electron chi connectivity index (χ3n) is 4.02. The fraction of sp³-hybridized carbons (Fsp3) is 0.222. The van der Waals surface area contributed by atoms with Gasteiger partial charge in [-0.05, 0) is 36.8 Å². The molecule has 1 aromatic heterocycles. The number of hydrogen-bond acceptors (Lipinski definition) is 3. The van der Waals surface area contributed by atoms with Crippen molar-refractivity contribution < 1.29 is 9.53 Å². The highest BCUT2D eigenvalue weighted by Gasteiger charge is 2.19. The van der Waals surface area contributed by atoms with Crippen LogP contribution in [0.1, 0.15) is 12.5 Å². The fourth-order valence-corrected chi connectivity index (χ4v) is 2.99. The van der Waals surface area contributed by atoms with Crippen LogP contribution in [0.5, 0.6) is 5.75 Å². The zero-order chi connectivity index (χ0) is 15.8. The van der Waals surface area contributed by atoms with Crippen molar-refractivity contribution in [2.75, 3.05) is 5.32 Å². The summed E-state index contributed by atoms with van der Waals surface area (Å²) >= 11 is 0. The number of ether oxygens (including phenoxy) is 1. The topological polar surface area (TPSA) is 56.2 Å². The van der Waals surface area contributed by atoms with Gasteiger partial charge in [-0.1, -0.05) is 18.2 Å². The minimum atomic E-state index is -0.0919. The molecule has 4 rings (SSSR count). The van der Waals surface area contributed by atoms with Crippen molar-refractivity contribution in [3.8, 4) is 5.75 Å². The second-order valence-electron chi connectivity index (χ2n) is 5.86. The smallest absolute Gasteiger partial charge is 0.246 e. The summed E-state index contributed by atoms with van der Waals surface area (Å²) in [5.74, 6) is 0.819. The molecule has 2 aromatic carbocycles. The number of benzene rings is 2. The zero-order valence-electron chi connectivity index (χ0n) is 12.8. The van der Waals surface area contributed by atoms with Crippen LogP contribution < -0.4 is 10.1 Å². The van der Waals surface area contributed by atoms with Crippen molar-refractivity contribution in [2.24, 2.45) is 0 Å². The maximum atomic E-state index is 12.3. The van der Waals surface area contributed by atoms with E-state index in [1.807, 2.05) is 49.4 Å². The number of hydrogen-bond donors (Lipinski definition) is 1. The van der Waals surface area contributed by atoms with E-state index in [4.69, 9.17) is 4.74 Å². The van der Waals surface area contributed by atoms with Crippen LogP contribution in [0.2, 0.25) is 0 Å². The van der Waals surface area contributed by atoms with E-state index in [9.17, 15) is 4.79 Å². The van der Waals surface area contributed by atoms with Crippen molar-refractivity contribution in [2.45, 2.75) is 26.0 Å². The lowest BCUT2D eigenvalue weighted by Gasteiger charge is -2.08. The van der Waals surface area contributed by atoms with Gasteiger partial charge in [0.15, 0.2) is 0 Å². The van der Waals surface area contributed by atoms with Gasteiger partial charge in [0.1, 0.15) is 18.4 Å². The van der Waals surface area contributed by atoms with Crippen LogP contribution in [0.15, 0.2) is 48.7 Å². The zero-order valence-corrected chi connectivity index (χ0v) is 12.8. The molecule has 0 fully saturated rings. The number of nitrogens with zero attached hydrogens (tertiary/aromatic N) is 2. The molecule has 0 aliphatic carbocycles. The molecule has 116 valence electrons. The molecule has 1 aliphatic rings. The Kier molecular flexibility index (Phi) is 3.26. The second-order valence-corrected chi connectivity index (χ2v) is 5.86. The maximum absolute atomic E-state index is 12.3. The number of carbonyl (C=O) groups excluding carboxylic acids is 1. The average Bonchev–Trinajstić information content (AvgIpc) is 3.10. The van der Waals surface area contributed by atoms with E-state index in [1.165, 1.54) is 0 Å². The fourth-order valence-electron chi connectivity index (χ4n) is 2.99. The van der Waals surface area contributed by atoms with Crippen LogP contribution in [0.25, 0.3) is 10.9 Å². The molecule has 0 spiro atoms. The van der Waals surface area contributed by atoms with Gasteiger partial charge in [0.05, 0.1) is 11.7 Å². The van der Waals surface area contributed by atoms with Gasteiger partial charge < -0.3 is 10.1 Å². The number of anilines is 1. The Hall–Kier alpha value is -2.82. The summed E-state index contributed by atoms with van der Waals surface area (Å²) in [5, 5.41) is 8.25. The van der Waals surface area contributed by atoms with Gasteiger partial charge in [0.25, 0.3) is 0 Å². The molecular formula is C18H17N3O2. The van der Waals surface area contributed by atoms with Gasteiger partial charge in [-0.15, -0.1) is 0 Å². The largest absolute Gasteiger partial charge is 0.490 e. The molecule has 5 heteroatoms. The van der Waals surface area contributed by atoms with Gasteiger partial charge >= 0.3 is 0 Å². The van der Waals surface area contributed by atoms with E-state index < -0.39 is 0 Å². The van der Waals surface area contributed by atoms with Crippen LogP contribution in [-0.2, 0) is 17.8 Å². The normalized spacial score (nSPS) is 16.1. The van der Waals surface area contributed by atoms with Gasteiger partial charge in [0.2, 0.25) is 5.91 Å². The third kappa shape index (κ3) is 2.65. The molecule has 2 heterocycles. The number of para-hydroxylation sites is 1. The Balaban J connectivity index is 1.49. The van der Waals surface area contributed by atoms with Gasteiger partial charge in [0, 0.05) is 17.5 Å². The first-order valence-electron chi connectivity index (χ1n) is 7.69. The minimum Gasteiger partial charge on any atom is -0.490 e. The Morgan fingerprint density at radius 3 is 3.13 bits per heavy atom. The van der Waals surface area contributed by atoms with Crippen molar-refractivity contribution in [1.82, 2.24) is 9.78 Å². The van der Waals surface area contributed by atoms with E-state index in [2.05, 4.69) is 10.4 Å². The number of rotatable bonds is 3. The monoisotopic (exact) mass is 307 g/mol. The summed E-state index contributed by atoms with van der Waals surface area (Å²) in [6.45, 7) is 2.23. The molecule has 3 aromatic rings. The Morgan fingerprint density at radius 1 is 1.35 bits per heavy atom. The number of aromatic nitrogens is 2. The lowest BCUT2D eigenvalue weighted by molar-refractivity contribution is -0.116. The van der Waals surface area contributed by atoms with Crippen LogP contribution in [0.3, 0.4) is 0 Å². The Bertz CT molecular complexity index is 885. The van der Waals surface area contributed by atoms with Crippen molar-refractivity contribution in [3.05, 3.63) is 54.2 Å². The maximum Gasteiger partial charge on any atom is 0.246 e. The Morgan fingerprint density at radius 2 is 2.22 bits per heavy atom. The molecule has 0 saturated carbocycles. The van der Waals surface area contributed by atoms with Gasteiger partial charge in [-0.2, -0.15) is 5.10 Å². The molecule has 23 heavy (non-hydrogen) atoms. The summed E-state index contributed by atoms with van der Waals surface area (Å²) in [7, 11) is 0. The molecule has 1 aliphatic heterocycles. The summed E-state index contributed by atoms with van der Waals surface area (Å²) < 4.78 is 7.38. The minimum absolute atomic E-state index is 0.0919. The van der Waals surface area contributed by atoms with Crippen molar-refractivity contribution in [3.63, 3.8) is 0 Å². The molecule has 1 atom stereocenters. The predicted molar refractivity (Wildman–Crippen MR) is 88.6 cm³/mol. The van der Waals surface area contributed by atoms with Crippen LogP contribution in [0.4, 0.5) is 5.69 Å². The first-order valence-corrected chi connectivity index (χ1v) is 7.69. The highest BCUT2D eigenvalue weighted by molar-refractivity contribution is 5.92. The molecule has 5 nitrogen and oxygen atoms in total. The van der Waals surface area contributed by atoms with E-state index in [1.54, 1.807) is 10.9 Å². The Labute approximate surface area is 133 Å². The van der Waals surface area contributed by atoms with Crippen LogP contribution in [0, 0.1) is 0 Å². The lowest BCUT2D eigenvalue weighted by atomic mass is 10.1. The summed E-state index contributed by atoms with van der Waals surface area (Å²) in [4.78, 5) is 12.3. The van der Waals surface area contributed by atoms with Gasteiger partial charge in [-0.25, -0.2) is 0 Å². The number of fused-ring (bicyclic) bond motifs is 2. The molecule has 0 radical (unpaired) electrons. The molecule has 0 saturated heterocycles. The van der Waals surface area contributed by atoms with Crippen molar-refractivity contribution in [1.29, 1.82) is 0 Å². The van der Waals surface area contributed by atoms with Gasteiger partial charge in [-0.3, -0.25) is 9.48 Å². The standard InChI is InChI=1S/C18H17N3O2/c1-12-8-14-9-15(6-7-17(14)23-12)20-18(22)11-21-16-5-3-2-4-13(16)10-19-21/h2-7,9-10,12H,8,11H2,1H3,(H,20,22). The lowest BCUT2D eigenvalue weighted by Crippen LogP contribution is -2.19. The molecule has 0 bridgehead atoms. The molecule has 1 amide bonds. The number of amides is 1. The summed E-state index contributed by atoms with van der Waals surface area (Å²) in [6, 6.07) is 13.6. The average molecular weight is 307 g/mol. The molecule has 1 unspecified atom stereocenters. The van der Waals surface area contributed by atoms with E-state index >= 15 is 0 Å². The summed E-state index contributed by atoms with van der Waals surface area (Å²) in [5.41, 5.74) is 2.89. The van der Waals surface area contributed by atoms with E-state index in [-0.39, 0.29) is 18.6 Å². The highest BCUT2D eigenvalue weighted by atomic mass is 16.5. The summed E-state index contributed by atoms with van der Waals surface area (Å²) in [6.07, 6.45) is 2.85. The quantitative estimate of drug-likeness (QED) is 0.809. The predicted octanol–water partition coefficient (Wildman–Crippen LogP) is 3.00. The SMILES string of the molecule is CC1Cc2cc(NC(=O)Cn3ncc4ccccc43)ccc2O1. The highest BCUT2D eigenvalue weighted by Crippen LogP contribution is 2.30. The first kappa shape index (κ1) is 13.8. The number of nitrogens with one attached hydrogen (secondary N) is 1. The van der Waals surface area contributed by atoms with Crippen LogP contribution >= 0.6 is 0 Å².